The zero-order chi connectivity index (χ0) is 11.9. The van der Waals surface area contributed by atoms with Gasteiger partial charge in [-0.15, -0.1) is 0 Å². The predicted molar refractivity (Wildman–Crippen MR) is 49.9 cm³/mol. The van der Waals surface area contributed by atoms with Gasteiger partial charge in [0.1, 0.15) is 5.82 Å². The molecule has 1 N–H and O–H groups in total. The standard InChI is InChI=1S/C11H9F3O2/c12-8-5-6(9(13)14)1-2-7(8)11(3-4-11)10(15)16/h1-2,5,9H,3-4H2,(H,15,16). The molecule has 0 amide bonds. The number of benzene rings is 1. The van der Waals surface area contributed by atoms with Crippen molar-refractivity contribution in [2.45, 2.75) is 24.7 Å². The van der Waals surface area contributed by atoms with Crippen molar-refractivity contribution >= 4 is 5.97 Å². The van der Waals surface area contributed by atoms with Crippen LogP contribution in [-0.2, 0) is 10.2 Å². The van der Waals surface area contributed by atoms with E-state index in [0.717, 1.165) is 12.1 Å². The molecule has 1 saturated carbocycles. The van der Waals surface area contributed by atoms with Gasteiger partial charge in [0.2, 0.25) is 0 Å². The smallest absolute Gasteiger partial charge is 0.314 e. The first-order chi connectivity index (χ1) is 7.47. The SMILES string of the molecule is O=C(O)C1(c2ccc(C(F)F)cc2F)CC1. The van der Waals surface area contributed by atoms with Crippen LogP contribution in [0, 0.1) is 5.82 Å². The van der Waals surface area contributed by atoms with Crippen LogP contribution in [0.3, 0.4) is 0 Å². The number of alkyl halides is 2. The molecular weight excluding hydrogens is 221 g/mol. The van der Waals surface area contributed by atoms with Crippen molar-refractivity contribution in [3.8, 4) is 0 Å². The van der Waals surface area contributed by atoms with E-state index >= 15 is 0 Å². The van der Waals surface area contributed by atoms with E-state index < -0.39 is 29.2 Å². The highest BCUT2D eigenvalue weighted by atomic mass is 19.3. The Labute approximate surface area is 89.7 Å². The third-order valence-corrected chi connectivity index (χ3v) is 2.92. The maximum Gasteiger partial charge on any atom is 0.314 e. The summed E-state index contributed by atoms with van der Waals surface area (Å²) in [6, 6.07) is 2.94. The lowest BCUT2D eigenvalue weighted by Gasteiger charge is -2.12. The van der Waals surface area contributed by atoms with Crippen molar-refractivity contribution in [3.63, 3.8) is 0 Å². The van der Waals surface area contributed by atoms with Gasteiger partial charge < -0.3 is 5.11 Å². The summed E-state index contributed by atoms with van der Waals surface area (Å²) in [5.74, 6) is -1.96. The van der Waals surface area contributed by atoms with E-state index in [4.69, 9.17) is 5.11 Å². The van der Waals surface area contributed by atoms with Crippen molar-refractivity contribution in [3.05, 3.63) is 35.1 Å². The Morgan fingerprint density at radius 3 is 2.38 bits per heavy atom. The Hall–Kier alpha value is -1.52. The first-order valence-electron chi connectivity index (χ1n) is 4.79. The van der Waals surface area contributed by atoms with E-state index in [1.54, 1.807) is 0 Å². The average Bonchev–Trinajstić information content (AvgIpc) is 2.98. The summed E-state index contributed by atoms with van der Waals surface area (Å²) >= 11 is 0. The van der Waals surface area contributed by atoms with Crippen LogP contribution in [0.1, 0.15) is 30.4 Å². The van der Waals surface area contributed by atoms with E-state index in [1.807, 2.05) is 0 Å². The average molecular weight is 230 g/mol. The monoisotopic (exact) mass is 230 g/mol. The number of hydrogen-bond donors (Lipinski definition) is 1. The van der Waals surface area contributed by atoms with Gasteiger partial charge >= 0.3 is 5.97 Å². The van der Waals surface area contributed by atoms with Gasteiger partial charge in [-0.1, -0.05) is 12.1 Å². The number of carboxylic acids is 1. The van der Waals surface area contributed by atoms with Crippen molar-refractivity contribution in [2.75, 3.05) is 0 Å². The van der Waals surface area contributed by atoms with Gasteiger partial charge in [-0.2, -0.15) is 0 Å². The van der Waals surface area contributed by atoms with Crippen LogP contribution in [0.25, 0.3) is 0 Å². The molecular formula is C11H9F3O2. The molecule has 5 heteroatoms. The topological polar surface area (TPSA) is 37.3 Å². The fourth-order valence-electron chi connectivity index (χ4n) is 1.78. The van der Waals surface area contributed by atoms with Crippen molar-refractivity contribution in [1.82, 2.24) is 0 Å². The first kappa shape index (κ1) is 11.0. The second-order valence-corrected chi connectivity index (χ2v) is 3.93. The molecule has 1 aromatic carbocycles. The zero-order valence-corrected chi connectivity index (χ0v) is 8.21. The molecule has 0 heterocycles. The maximum atomic E-state index is 13.5. The molecule has 0 saturated heterocycles. The Balaban J connectivity index is 2.41. The van der Waals surface area contributed by atoms with Gasteiger partial charge in [0.05, 0.1) is 5.41 Å². The summed E-state index contributed by atoms with van der Waals surface area (Å²) in [7, 11) is 0. The summed E-state index contributed by atoms with van der Waals surface area (Å²) in [4.78, 5) is 10.9. The van der Waals surface area contributed by atoms with Crippen molar-refractivity contribution in [2.24, 2.45) is 0 Å². The minimum Gasteiger partial charge on any atom is -0.481 e. The summed E-state index contributed by atoms with van der Waals surface area (Å²) in [5.41, 5.74) is -1.61. The molecule has 16 heavy (non-hydrogen) atoms. The maximum absolute atomic E-state index is 13.5. The van der Waals surface area contributed by atoms with Crippen molar-refractivity contribution < 1.29 is 23.1 Å². The lowest BCUT2D eigenvalue weighted by molar-refractivity contribution is -0.140. The van der Waals surface area contributed by atoms with Gasteiger partial charge in [-0.3, -0.25) is 4.79 Å². The van der Waals surface area contributed by atoms with Crippen LogP contribution >= 0.6 is 0 Å². The van der Waals surface area contributed by atoms with Crippen LogP contribution in [0.15, 0.2) is 18.2 Å². The molecule has 2 nitrogen and oxygen atoms in total. The van der Waals surface area contributed by atoms with Crippen molar-refractivity contribution in [1.29, 1.82) is 0 Å². The second-order valence-electron chi connectivity index (χ2n) is 3.93. The third kappa shape index (κ3) is 1.56. The van der Waals surface area contributed by atoms with Crippen LogP contribution < -0.4 is 0 Å². The number of carbonyl (C=O) groups is 1. The van der Waals surface area contributed by atoms with Gasteiger partial charge in [0.25, 0.3) is 6.43 Å². The summed E-state index contributed by atoms with van der Waals surface area (Å²) < 4.78 is 38.0. The number of rotatable bonds is 3. The number of aliphatic carboxylic acids is 1. The molecule has 0 unspecified atom stereocenters. The Morgan fingerprint density at radius 1 is 1.38 bits per heavy atom. The van der Waals surface area contributed by atoms with E-state index in [0.29, 0.717) is 18.9 Å². The summed E-state index contributed by atoms with van der Waals surface area (Å²) in [6.45, 7) is 0. The van der Waals surface area contributed by atoms with E-state index in [2.05, 4.69) is 0 Å². The lowest BCUT2D eigenvalue weighted by atomic mass is 9.94. The molecule has 1 aliphatic carbocycles. The van der Waals surface area contributed by atoms with E-state index in [-0.39, 0.29) is 5.56 Å². The summed E-state index contributed by atoms with van der Waals surface area (Å²) in [6.07, 6.45) is -2.04. The van der Waals surface area contributed by atoms with Gasteiger partial charge in [-0.25, -0.2) is 13.2 Å². The molecule has 2 rings (SSSR count). The van der Waals surface area contributed by atoms with E-state index in [9.17, 15) is 18.0 Å². The van der Waals surface area contributed by atoms with Gasteiger partial charge in [0, 0.05) is 11.1 Å². The number of hydrogen-bond acceptors (Lipinski definition) is 1. The Kier molecular flexibility index (Phi) is 2.40. The highest BCUT2D eigenvalue weighted by molar-refractivity contribution is 5.85. The molecule has 0 spiro atoms. The molecule has 1 aliphatic rings. The van der Waals surface area contributed by atoms with Gasteiger partial charge in [-0.05, 0) is 18.9 Å². The molecule has 0 atom stereocenters. The quantitative estimate of drug-likeness (QED) is 0.866. The van der Waals surface area contributed by atoms with E-state index in [1.165, 1.54) is 0 Å². The molecule has 86 valence electrons. The fourth-order valence-corrected chi connectivity index (χ4v) is 1.78. The molecule has 0 radical (unpaired) electrons. The molecule has 0 aromatic heterocycles. The lowest BCUT2D eigenvalue weighted by Crippen LogP contribution is -2.21. The second kappa shape index (κ2) is 3.50. The first-order valence-corrected chi connectivity index (χ1v) is 4.79. The molecule has 0 bridgehead atoms. The number of carboxylic acid groups (broad SMARTS) is 1. The fraction of sp³-hybridized carbons (Fsp3) is 0.364. The summed E-state index contributed by atoms with van der Waals surface area (Å²) in [5, 5.41) is 8.95. The van der Waals surface area contributed by atoms with Crippen LogP contribution in [-0.4, -0.2) is 11.1 Å². The van der Waals surface area contributed by atoms with Crippen LogP contribution in [0.2, 0.25) is 0 Å². The van der Waals surface area contributed by atoms with Gasteiger partial charge in [0.15, 0.2) is 0 Å². The molecule has 1 fully saturated rings. The Morgan fingerprint density at radius 2 is 2.00 bits per heavy atom. The third-order valence-electron chi connectivity index (χ3n) is 2.92. The molecule has 1 aromatic rings. The Bertz CT molecular complexity index is 439. The highest BCUT2D eigenvalue weighted by Gasteiger charge is 2.53. The normalized spacial score (nSPS) is 17.5. The largest absolute Gasteiger partial charge is 0.481 e. The predicted octanol–water partition coefficient (Wildman–Crippen LogP) is 2.88. The zero-order valence-electron chi connectivity index (χ0n) is 8.21. The van der Waals surface area contributed by atoms with Crippen LogP contribution in [0.4, 0.5) is 13.2 Å². The molecule has 0 aliphatic heterocycles. The minimum absolute atomic E-state index is 0.00407. The van der Waals surface area contributed by atoms with Crippen LogP contribution in [0.5, 0.6) is 0 Å². The minimum atomic E-state index is -2.75. The highest BCUT2D eigenvalue weighted by Crippen LogP contribution is 2.49. The number of halogens is 3.